The Morgan fingerprint density at radius 1 is 1.37 bits per heavy atom. The molecule has 4 nitrogen and oxygen atoms in total. The topological polar surface area (TPSA) is 53.4 Å². The van der Waals surface area contributed by atoms with Crippen molar-refractivity contribution in [1.29, 1.82) is 0 Å². The number of nitrogens with zero attached hydrogens (tertiary/aromatic N) is 2. The second-order valence-electron chi connectivity index (χ2n) is 4.15. The molecule has 0 saturated carbocycles. The third-order valence-electron chi connectivity index (χ3n) is 2.67. The molecule has 0 fully saturated rings. The van der Waals surface area contributed by atoms with Crippen LogP contribution in [-0.4, -0.2) is 27.9 Å². The van der Waals surface area contributed by atoms with Gasteiger partial charge in [-0.15, -0.1) is 0 Å². The maximum absolute atomic E-state index is 12.2. The molecule has 0 aliphatic heterocycles. The van der Waals surface area contributed by atoms with Crippen molar-refractivity contribution in [3.05, 3.63) is 58.9 Å². The number of benzene rings is 1. The van der Waals surface area contributed by atoms with E-state index >= 15 is 0 Å². The highest BCUT2D eigenvalue weighted by Crippen LogP contribution is 2.24. The first-order valence-electron chi connectivity index (χ1n) is 5.72. The summed E-state index contributed by atoms with van der Waals surface area (Å²) in [6, 6.07) is 9.95. The van der Waals surface area contributed by atoms with Crippen LogP contribution in [0, 0.1) is 0 Å². The third-order valence-corrected chi connectivity index (χ3v) is 2.97. The fraction of sp³-hybridized carbons (Fsp3) is 0.143. The highest BCUT2D eigenvalue weighted by molar-refractivity contribution is 6.32. The molecule has 2 aromatic rings. The van der Waals surface area contributed by atoms with E-state index in [0.717, 1.165) is 5.69 Å². The molecule has 1 aromatic heterocycles. The van der Waals surface area contributed by atoms with Crippen LogP contribution in [0.1, 0.15) is 16.1 Å². The molecular weight excluding hydrogens is 264 g/mol. The van der Waals surface area contributed by atoms with Gasteiger partial charge in [-0.1, -0.05) is 17.7 Å². The van der Waals surface area contributed by atoms with E-state index in [9.17, 15) is 9.90 Å². The molecule has 2 rings (SSSR count). The Balaban J connectivity index is 2.12. The second-order valence-corrected chi connectivity index (χ2v) is 4.56. The maximum Gasteiger partial charge on any atom is 0.254 e. The Bertz CT molecular complexity index is 587. The zero-order valence-corrected chi connectivity index (χ0v) is 11.1. The van der Waals surface area contributed by atoms with Crippen molar-refractivity contribution in [2.24, 2.45) is 0 Å². The molecule has 0 atom stereocenters. The van der Waals surface area contributed by atoms with Crippen molar-refractivity contribution in [1.82, 2.24) is 9.88 Å². The minimum Gasteiger partial charge on any atom is -0.506 e. The number of pyridine rings is 1. The van der Waals surface area contributed by atoms with E-state index < -0.39 is 0 Å². The van der Waals surface area contributed by atoms with Gasteiger partial charge in [0.25, 0.3) is 5.91 Å². The van der Waals surface area contributed by atoms with E-state index in [2.05, 4.69) is 4.98 Å². The van der Waals surface area contributed by atoms with Crippen molar-refractivity contribution < 1.29 is 9.90 Å². The van der Waals surface area contributed by atoms with Gasteiger partial charge in [0, 0.05) is 18.8 Å². The molecule has 0 aliphatic carbocycles. The van der Waals surface area contributed by atoms with Gasteiger partial charge in [-0.05, 0) is 30.3 Å². The highest BCUT2D eigenvalue weighted by Gasteiger charge is 2.13. The average molecular weight is 277 g/mol. The summed E-state index contributed by atoms with van der Waals surface area (Å²) in [7, 11) is 1.69. The molecule has 98 valence electrons. The predicted octanol–water partition coefficient (Wildman–Crippen LogP) is 2.71. The van der Waals surface area contributed by atoms with Gasteiger partial charge >= 0.3 is 0 Å². The average Bonchev–Trinajstić information content (AvgIpc) is 2.42. The first-order valence-corrected chi connectivity index (χ1v) is 6.09. The minimum absolute atomic E-state index is 0.0365. The number of aromatic nitrogens is 1. The number of aromatic hydroxyl groups is 1. The van der Waals surface area contributed by atoms with E-state index in [4.69, 9.17) is 11.6 Å². The first-order chi connectivity index (χ1) is 9.08. The zero-order chi connectivity index (χ0) is 13.8. The highest BCUT2D eigenvalue weighted by atomic mass is 35.5. The molecule has 1 aromatic carbocycles. The summed E-state index contributed by atoms with van der Waals surface area (Å²) >= 11 is 5.79. The Kier molecular flexibility index (Phi) is 4.02. The number of hydrogen-bond donors (Lipinski definition) is 1. The summed E-state index contributed by atoms with van der Waals surface area (Å²) < 4.78 is 0. The van der Waals surface area contributed by atoms with Crippen LogP contribution in [0.15, 0.2) is 42.6 Å². The van der Waals surface area contributed by atoms with Gasteiger partial charge < -0.3 is 10.0 Å². The summed E-state index contributed by atoms with van der Waals surface area (Å²) in [4.78, 5) is 17.9. The number of phenols is 1. The number of phenolic OH excluding ortho intramolecular Hbond substituents is 1. The van der Waals surface area contributed by atoms with Crippen molar-refractivity contribution in [3.63, 3.8) is 0 Å². The second kappa shape index (κ2) is 5.71. The summed E-state index contributed by atoms with van der Waals surface area (Å²) in [6.07, 6.45) is 1.69. The first kappa shape index (κ1) is 13.4. The Labute approximate surface area is 116 Å². The number of hydrogen-bond acceptors (Lipinski definition) is 3. The van der Waals surface area contributed by atoms with Crippen LogP contribution in [0.5, 0.6) is 5.75 Å². The Hall–Kier alpha value is -2.07. The number of rotatable bonds is 3. The maximum atomic E-state index is 12.2. The number of carbonyl (C=O) groups excluding carboxylic acids is 1. The van der Waals surface area contributed by atoms with Crippen LogP contribution < -0.4 is 0 Å². The zero-order valence-electron chi connectivity index (χ0n) is 10.4. The molecule has 0 unspecified atom stereocenters. The van der Waals surface area contributed by atoms with Crippen molar-refractivity contribution in [3.8, 4) is 5.75 Å². The van der Waals surface area contributed by atoms with Crippen LogP contribution in [0.3, 0.4) is 0 Å². The molecule has 0 radical (unpaired) electrons. The molecule has 1 amide bonds. The lowest BCUT2D eigenvalue weighted by atomic mass is 10.2. The normalized spacial score (nSPS) is 10.2. The van der Waals surface area contributed by atoms with Gasteiger partial charge in [-0.25, -0.2) is 0 Å². The lowest BCUT2D eigenvalue weighted by Gasteiger charge is -2.17. The molecule has 0 bridgehead atoms. The smallest absolute Gasteiger partial charge is 0.254 e. The van der Waals surface area contributed by atoms with Gasteiger partial charge in [-0.2, -0.15) is 0 Å². The SMILES string of the molecule is CN(Cc1ccccn1)C(=O)c1ccc(O)c(Cl)c1. The van der Waals surface area contributed by atoms with Crippen LogP contribution in [0.4, 0.5) is 0 Å². The van der Waals surface area contributed by atoms with Crippen LogP contribution in [0.25, 0.3) is 0 Å². The number of amides is 1. The monoisotopic (exact) mass is 276 g/mol. The summed E-state index contributed by atoms with van der Waals surface area (Å²) in [5, 5.41) is 9.50. The fourth-order valence-corrected chi connectivity index (χ4v) is 1.85. The molecule has 0 aliphatic rings. The van der Waals surface area contributed by atoms with Crippen LogP contribution in [0.2, 0.25) is 5.02 Å². The lowest BCUT2D eigenvalue weighted by molar-refractivity contribution is 0.0783. The van der Waals surface area contributed by atoms with Gasteiger partial charge in [0.2, 0.25) is 0 Å². The van der Waals surface area contributed by atoms with Crippen LogP contribution >= 0.6 is 11.6 Å². The molecular formula is C14H13ClN2O2. The predicted molar refractivity (Wildman–Crippen MR) is 73.2 cm³/mol. The van der Waals surface area contributed by atoms with E-state index in [-0.39, 0.29) is 16.7 Å². The molecule has 0 saturated heterocycles. The molecule has 1 heterocycles. The third kappa shape index (κ3) is 3.23. The quantitative estimate of drug-likeness (QED) is 0.938. The minimum atomic E-state index is -0.174. The van der Waals surface area contributed by atoms with Crippen LogP contribution in [-0.2, 0) is 6.54 Å². The van der Waals surface area contributed by atoms with Gasteiger partial charge in [0.1, 0.15) is 5.75 Å². The number of halogens is 1. The van der Waals surface area contributed by atoms with Crippen molar-refractivity contribution in [2.75, 3.05) is 7.05 Å². The Morgan fingerprint density at radius 2 is 2.16 bits per heavy atom. The standard InChI is InChI=1S/C14H13ClN2O2/c1-17(9-11-4-2-3-7-16-11)14(19)10-5-6-13(18)12(15)8-10/h2-8,18H,9H2,1H3. The Morgan fingerprint density at radius 3 is 2.79 bits per heavy atom. The van der Waals surface area contributed by atoms with Crippen molar-refractivity contribution >= 4 is 17.5 Å². The van der Waals surface area contributed by atoms with Crippen molar-refractivity contribution in [2.45, 2.75) is 6.54 Å². The van der Waals surface area contributed by atoms with Gasteiger partial charge in [0.05, 0.1) is 17.3 Å². The van der Waals surface area contributed by atoms with Gasteiger partial charge in [-0.3, -0.25) is 9.78 Å². The van der Waals surface area contributed by atoms with E-state index in [0.29, 0.717) is 12.1 Å². The lowest BCUT2D eigenvalue weighted by Crippen LogP contribution is -2.26. The molecule has 19 heavy (non-hydrogen) atoms. The van der Waals surface area contributed by atoms with E-state index in [1.807, 2.05) is 18.2 Å². The summed E-state index contributed by atoms with van der Waals surface area (Å²) in [6.45, 7) is 0.415. The molecule has 1 N–H and O–H groups in total. The van der Waals surface area contributed by atoms with E-state index in [1.165, 1.54) is 12.1 Å². The largest absolute Gasteiger partial charge is 0.506 e. The van der Waals surface area contributed by atoms with Gasteiger partial charge in [0.15, 0.2) is 0 Å². The van der Waals surface area contributed by atoms with E-state index in [1.54, 1.807) is 24.2 Å². The summed E-state index contributed by atoms with van der Waals surface area (Å²) in [5.41, 5.74) is 1.24. The molecule has 5 heteroatoms. The number of carbonyl (C=O) groups is 1. The molecule has 0 spiro atoms. The fourth-order valence-electron chi connectivity index (χ4n) is 1.67. The summed E-state index contributed by atoms with van der Waals surface area (Å²) in [5.74, 6) is -0.210.